The minimum Gasteiger partial charge on any atom is -0.507 e. The molecule has 0 unspecified atom stereocenters. The first kappa shape index (κ1) is 12.2. The van der Waals surface area contributed by atoms with Crippen LogP contribution in [0.2, 0.25) is 0 Å². The van der Waals surface area contributed by atoms with Crippen LogP contribution in [0, 0.1) is 5.82 Å². The van der Waals surface area contributed by atoms with Gasteiger partial charge in [-0.05, 0) is 18.9 Å². The molecule has 0 aliphatic heterocycles. The van der Waals surface area contributed by atoms with Gasteiger partial charge >= 0.3 is 0 Å². The second kappa shape index (κ2) is 4.53. The van der Waals surface area contributed by atoms with Crippen molar-refractivity contribution in [2.75, 3.05) is 7.11 Å². The highest BCUT2D eigenvalue weighted by molar-refractivity contribution is 5.44. The predicted molar refractivity (Wildman–Crippen MR) is 63.6 cm³/mol. The summed E-state index contributed by atoms with van der Waals surface area (Å²) in [7, 11) is 1.41. The minimum absolute atomic E-state index is 0.0762. The van der Waals surface area contributed by atoms with E-state index < -0.39 is 11.4 Å². The molecule has 0 radical (unpaired) electrons. The molecule has 0 saturated heterocycles. The summed E-state index contributed by atoms with van der Waals surface area (Å²) < 4.78 is 18.3. The Labute approximate surface area is 100 Å². The van der Waals surface area contributed by atoms with E-state index in [2.05, 4.69) is 0 Å². The zero-order valence-corrected chi connectivity index (χ0v) is 10.0. The molecule has 0 amide bonds. The number of rotatable bonds is 2. The molecular formula is C13H18FNO2. The Morgan fingerprint density at radius 1 is 1.29 bits per heavy atom. The maximum atomic E-state index is 13.4. The van der Waals surface area contributed by atoms with Gasteiger partial charge in [0.25, 0.3) is 0 Å². The second-order valence-corrected chi connectivity index (χ2v) is 4.72. The molecule has 1 aromatic carbocycles. The third-order valence-corrected chi connectivity index (χ3v) is 3.55. The molecule has 1 saturated carbocycles. The molecule has 1 aliphatic rings. The lowest BCUT2D eigenvalue weighted by atomic mass is 9.77. The van der Waals surface area contributed by atoms with Crippen LogP contribution < -0.4 is 10.5 Å². The van der Waals surface area contributed by atoms with Gasteiger partial charge in [0.1, 0.15) is 5.75 Å². The lowest BCUT2D eigenvalue weighted by Gasteiger charge is -2.34. The molecule has 3 N–H and O–H groups in total. The van der Waals surface area contributed by atoms with Crippen LogP contribution in [-0.4, -0.2) is 12.2 Å². The summed E-state index contributed by atoms with van der Waals surface area (Å²) in [5, 5.41) is 9.85. The fourth-order valence-electron chi connectivity index (χ4n) is 2.55. The summed E-state index contributed by atoms with van der Waals surface area (Å²) >= 11 is 0. The Morgan fingerprint density at radius 3 is 2.53 bits per heavy atom. The lowest BCUT2D eigenvalue weighted by Crippen LogP contribution is -2.38. The van der Waals surface area contributed by atoms with Crippen LogP contribution in [0.3, 0.4) is 0 Å². The van der Waals surface area contributed by atoms with E-state index in [1.807, 2.05) is 0 Å². The number of aromatic hydroxyl groups is 1. The minimum atomic E-state index is -0.562. The van der Waals surface area contributed by atoms with Crippen molar-refractivity contribution in [3.05, 3.63) is 23.5 Å². The quantitative estimate of drug-likeness (QED) is 0.834. The number of ether oxygens (including phenoxy) is 1. The zero-order valence-electron chi connectivity index (χ0n) is 10.0. The van der Waals surface area contributed by atoms with Crippen LogP contribution in [-0.2, 0) is 5.54 Å². The SMILES string of the molecule is COc1cc(C2(N)CCCCC2)c(O)cc1F. The number of halogens is 1. The largest absolute Gasteiger partial charge is 0.507 e. The van der Waals surface area contributed by atoms with E-state index in [1.165, 1.54) is 13.2 Å². The van der Waals surface area contributed by atoms with Gasteiger partial charge in [-0.15, -0.1) is 0 Å². The summed E-state index contributed by atoms with van der Waals surface area (Å²) in [6.45, 7) is 0. The molecule has 17 heavy (non-hydrogen) atoms. The Morgan fingerprint density at radius 2 is 1.94 bits per heavy atom. The van der Waals surface area contributed by atoms with Crippen LogP contribution in [0.1, 0.15) is 37.7 Å². The van der Waals surface area contributed by atoms with E-state index in [0.29, 0.717) is 5.56 Å². The molecule has 2 rings (SSSR count). The number of phenolic OH excluding ortho intramolecular Hbond substituents is 1. The highest BCUT2D eigenvalue weighted by atomic mass is 19.1. The smallest absolute Gasteiger partial charge is 0.168 e. The maximum absolute atomic E-state index is 13.4. The predicted octanol–water partition coefficient (Wildman–Crippen LogP) is 2.66. The molecule has 1 aliphatic carbocycles. The van der Waals surface area contributed by atoms with Crippen molar-refractivity contribution in [2.45, 2.75) is 37.6 Å². The van der Waals surface area contributed by atoms with E-state index in [4.69, 9.17) is 10.5 Å². The van der Waals surface area contributed by atoms with Gasteiger partial charge in [0, 0.05) is 17.2 Å². The lowest BCUT2D eigenvalue weighted by molar-refractivity contribution is 0.288. The van der Waals surface area contributed by atoms with Crippen LogP contribution in [0.4, 0.5) is 4.39 Å². The van der Waals surface area contributed by atoms with Gasteiger partial charge in [-0.2, -0.15) is 0 Å². The first-order valence-electron chi connectivity index (χ1n) is 5.93. The third-order valence-electron chi connectivity index (χ3n) is 3.55. The molecule has 0 bridgehead atoms. The number of hydrogen-bond donors (Lipinski definition) is 2. The van der Waals surface area contributed by atoms with Crippen molar-refractivity contribution < 1.29 is 14.2 Å². The third kappa shape index (κ3) is 2.22. The van der Waals surface area contributed by atoms with Crippen molar-refractivity contribution in [1.29, 1.82) is 0 Å². The van der Waals surface area contributed by atoms with Crippen LogP contribution in [0.25, 0.3) is 0 Å². The van der Waals surface area contributed by atoms with Gasteiger partial charge < -0.3 is 15.6 Å². The van der Waals surface area contributed by atoms with Crippen LogP contribution >= 0.6 is 0 Å². The van der Waals surface area contributed by atoms with Crippen molar-refractivity contribution in [1.82, 2.24) is 0 Å². The molecule has 0 spiro atoms. The summed E-state index contributed by atoms with van der Waals surface area (Å²) in [6.07, 6.45) is 4.87. The van der Waals surface area contributed by atoms with Crippen molar-refractivity contribution in [3.8, 4) is 11.5 Å². The van der Waals surface area contributed by atoms with E-state index in [1.54, 1.807) is 0 Å². The number of nitrogens with two attached hydrogens (primary N) is 1. The highest BCUT2D eigenvalue weighted by Crippen LogP contribution is 2.41. The fraction of sp³-hybridized carbons (Fsp3) is 0.538. The topological polar surface area (TPSA) is 55.5 Å². The molecule has 0 heterocycles. The highest BCUT2D eigenvalue weighted by Gasteiger charge is 2.32. The molecule has 94 valence electrons. The van der Waals surface area contributed by atoms with E-state index in [0.717, 1.165) is 38.2 Å². The monoisotopic (exact) mass is 239 g/mol. The molecule has 4 heteroatoms. The van der Waals surface area contributed by atoms with Gasteiger partial charge in [0.05, 0.1) is 7.11 Å². The molecule has 0 aromatic heterocycles. The Bertz CT molecular complexity index is 414. The molecule has 3 nitrogen and oxygen atoms in total. The van der Waals surface area contributed by atoms with Crippen LogP contribution in [0.5, 0.6) is 11.5 Å². The Hall–Kier alpha value is -1.29. The standard InChI is InChI=1S/C13H18FNO2/c1-17-12-7-9(11(16)8-10(12)14)13(15)5-3-2-4-6-13/h7-8,16H,2-6,15H2,1H3. The number of methoxy groups -OCH3 is 1. The summed E-state index contributed by atoms with van der Waals surface area (Å²) in [5.41, 5.74) is 6.36. The summed E-state index contributed by atoms with van der Waals surface area (Å²) in [5.74, 6) is -0.506. The number of benzene rings is 1. The normalized spacial score (nSPS) is 19.0. The van der Waals surface area contributed by atoms with Gasteiger partial charge in [-0.1, -0.05) is 19.3 Å². The summed E-state index contributed by atoms with van der Waals surface area (Å²) in [6, 6.07) is 2.60. The van der Waals surface area contributed by atoms with Crippen LogP contribution in [0.15, 0.2) is 12.1 Å². The Kier molecular flexibility index (Phi) is 3.24. The maximum Gasteiger partial charge on any atom is 0.168 e. The van der Waals surface area contributed by atoms with Gasteiger partial charge in [-0.3, -0.25) is 0 Å². The zero-order chi connectivity index (χ0) is 12.5. The van der Waals surface area contributed by atoms with Crippen molar-refractivity contribution >= 4 is 0 Å². The van der Waals surface area contributed by atoms with Gasteiger partial charge in [-0.25, -0.2) is 4.39 Å². The average molecular weight is 239 g/mol. The molecule has 0 atom stereocenters. The molecular weight excluding hydrogens is 221 g/mol. The molecule has 1 aromatic rings. The first-order chi connectivity index (χ1) is 8.07. The number of hydrogen-bond acceptors (Lipinski definition) is 3. The van der Waals surface area contributed by atoms with E-state index >= 15 is 0 Å². The second-order valence-electron chi connectivity index (χ2n) is 4.72. The molecule has 1 fully saturated rings. The van der Waals surface area contributed by atoms with Crippen molar-refractivity contribution in [3.63, 3.8) is 0 Å². The fourth-order valence-corrected chi connectivity index (χ4v) is 2.55. The van der Waals surface area contributed by atoms with E-state index in [9.17, 15) is 9.50 Å². The summed E-state index contributed by atoms with van der Waals surface area (Å²) in [4.78, 5) is 0. The Balaban J connectivity index is 2.43. The van der Waals surface area contributed by atoms with Gasteiger partial charge in [0.15, 0.2) is 11.6 Å². The van der Waals surface area contributed by atoms with Gasteiger partial charge in [0.2, 0.25) is 0 Å². The van der Waals surface area contributed by atoms with Crippen molar-refractivity contribution in [2.24, 2.45) is 5.73 Å². The first-order valence-corrected chi connectivity index (χ1v) is 5.93. The number of phenols is 1. The average Bonchev–Trinajstić information content (AvgIpc) is 2.30. The van der Waals surface area contributed by atoms with E-state index in [-0.39, 0.29) is 11.5 Å².